The number of carboxylic acids is 1. The minimum absolute atomic E-state index is 0.327. The molecule has 68 valence electrons. The Kier molecular flexibility index (Phi) is 1.49. The summed E-state index contributed by atoms with van der Waals surface area (Å²) >= 11 is 0. The maximum absolute atomic E-state index is 10.7. The third kappa shape index (κ3) is 0.959. The van der Waals surface area contributed by atoms with Crippen LogP contribution in [0.4, 0.5) is 0 Å². The molecule has 0 heterocycles. The maximum atomic E-state index is 10.7. The van der Waals surface area contributed by atoms with Crippen LogP contribution in [-0.4, -0.2) is 16.6 Å². The fourth-order valence-corrected chi connectivity index (χ4v) is 2.92. The molecule has 2 aliphatic carbocycles. The Morgan fingerprint density at radius 1 is 1.25 bits per heavy atom. The van der Waals surface area contributed by atoms with Crippen molar-refractivity contribution in [3.05, 3.63) is 0 Å². The van der Waals surface area contributed by atoms with Gasteiger partial charge in [0.25, 0.3) is 0 Å². The largest absolute Gasteiger partial charge is 0.480 e. The highest BCUT2D eigenvalue weighted by Crippen LogP contribution is 2.57. The lowest BCUT2D eigenvalue weighted by Crippen LogP contribution is -2.62. The topological polar surface area (TPSA) is 63.3 Å². The summed E-state index contributed by atoms with van der Waals surface area (Å²) in [4.78, 5) is 10.7. The first-order valence-corrected chi connectivity index (χ1v) is 4.59. The summed E-state index contributed by atoms with van der Waals surface area (Å²) in [7, 11) is 0. The third-order valence-corrected chi connectivity index (χ3v) is 3.47. The van der Waals surface area contributed by atoms with Gasteiger partial charge in [0.15, 0.2) is 0 Å². The third-order valence-electron chi connectivity index (χ3n) is 3.47. The maximum Gasteiger partial charge on any atom is 0.323 e. The zero-order chi connectivity index (χ0) is 8.82. The first kappa shape index (κ1) is 8.05. The summed E-state index contributed by atoms with van der Waals surface area (Å²) in [5, 5.41) is 8.81. The van der Waals surface area contributed by atoms with Crippen LogP contribution in [0.5, 0.6) is 0 Å². The van der Waals surface area contributed by atoms with E-state index in [1.165, 1.54) is 25.7 Å². The van der Waals surface area contributed by atoms with Gasteiger partial charge in [-0.25, -0.2) is 0 Å². The number of carboxylic acid groups (broad SMARTS) is 1. The summed E-state index contributed by atoms with van der Waals surface area (Å²) in [6.45, 7) is 0. The van der Waals surface area contributed by atoms with E-state index in [2.05, 4.69) is 0 Å². The first-order chi connectivity index (χ1) is 5.56. The molecule has 0 saturated heterocycles. The molecule has 0 bridgehead atoms. The molecule has 1 spiro atoms. The molecular weight excluding hydrogens is 154 g/mol. The number of nitrogens with two attached hydrogens (primary N) is 1. The van der Waals surface area contributed by atoms with E-state index in [-0.39, 0.29) is 0 Å². The van der Waals surface area contributed by atoms with Crippen molar-refractivity contribution in [3.63, 3.8) is 0 Å². The van der Waals surface area contributed by atoms with Crippen molar-refractivity contribution in [2.45, 2.75) is 44.1 Å². The molecular formula is C9H15NO2. The van der Waals surface area contributed by atoms with Crippen LogP contribution >= 0.6 is 0 Å². The zero-order valence-corrected chi connectivity index (χ0v) is 7.18. The van der Waals surface area contributed by atoms with Gasteiger partial charge in [-0.1, -0.05) is 12.8 Å². The Morgan fingerprint density at radius 3 is 2.17 bits per heavy atom. The van der Waals surface area contributed by atoms with Gasteiger partial charge >= 0.3 is 5.97 Å². The molecule has 2 aliphatic rings. The molecule has 0 atom stereocenters. The summed E-state index contributed by atoms with van der Waals surface area (Å²) < 4.78 is 0. The van der Waals surface area contributed by atoms with Crippen molar-refractivity contribution in [1.29, 1.82) is 0 Å². The van der Waals surface area contributed by atoms with E-state index in [0.717, 1.165) is 0 Å². The lowest BCUT2D eigenvalue weighted by molar-refractivity contribution is -0.153. The molecule has 3 heteroatoms. The van der Waals surface area contributed by atoms with Crippen molar-refractivity contribution in [2.24, 2.45) is 11.1 Å². The van der Waals surface area contributed by atoms with Crippen LogP contribution in [0.3, 0.4) is 0 Å². The summed E-state index contributed by atoms with van der Waals surface area (Å²) in [6, 6.07) is 0. The first-order valence-electron chi connectivity index (χ1n) is 4.59. The Balaban J connectivity index is 2.01. The Morgan fingerprint density at radius 2 is 1.75 bits per heavy atom. The van der Waals surface area contributed by atoms with Crippen LogP contribution in [0, 0.1) is 5.41 Å². The van der Waals surface area contributed by atoms with Crippen LogP contribution in [0.1, 0.15) is 38.5 Å². The zero-order valence-electron chi connectivity index (χ0n) is 7.18. The van der Waals surface area contributed by atoms with E-state index in [1.807, 2.05) is 0 Å². The van der Waals surface area contributed by atoms with Gasteiger partial charge < -0.3 is 10.8 Å². The lowest BCUT2D eigenvalue weighted by Gasteiger charge is -2.50. The van der Waals surface area contributed by atoms with Gasteiger partial charge in [-0.2, -0.15) is 0 Å². The highest BCUT2D eigenvalue weighted by Gasteiger charge is 2.57. The Hall–Kier alpha value is -0.570. The van der Waals surface area contributed by atoms with Crippen molar-refractivity contribution in [2.75, 3.05) is 0 Å². The molecule has 0 amide bonds. The second-order valence-corrected chi connectivity index (χ2v) is 4.52. The standard InChI is InChI=1S/C9H15NO2/c10-9(7(11)12)5-8(6-9)3-1-2-4-8/h1-6,10H2,(H,11,12). The highest BCUT2D eigenvalue weighted by atomic mass is 16.4. The smallest absolute Gasteiger partial charge is 0.323 e. The SMILES string of the molecule is NC1(C(=O)O)CC2(CCCC2)C1. The van der Waals surface area contributed by atoms with Crippen molar-refractivity contribution >= 4 is 5.97 Å². The molecule has 12 heavy (non-hydrogen) atoms. The van der Waals surface area contributed by atoms with Crippen molar-refractivity contribution in [1.82, 2.24) is 0 Å². The lowest BCUT2D eigenvalue weighted by atomic mass is 9.57. The van der Waals surface area contributed by atoms with Gasteiger partial charge in [0.2, 0.25) is 0 Å². The molecule has 3 nitrogen and oxygen atoms in total. The number of rotatable bonds is 1. The fraction of sp³-hybridized carbons (Fsp3) is 0.889. The summed E-state index contributed by atoms with van der Waals surface area (Å²) in [5.41, 5.74) is 5.14. The van der Waals surface area contributed by atoms with Crippen LogP contribution in [0.15, 0.2) is 0 Å². The number of aliphatic carboxylic acids is 1. The van der Waals surface area contributed by atoms with E-state index < -0.39 is 11.5 Å². The van der Waals surface area contributed by atoms with Gasteiger partial charge in [-0.05, 0) is 31.1 Å². The molecule has 3 N–H and O–H groups in total. The molecule has 0 aromatic carbocycles. The summed E-state index contributed by atoms with van der Waals surface area (Å²) in [6.07, 6.45) is 6.31. The average Bonchev–Trinajstić information content (AvgIpc) is 2.34. The van der Waals surface area contributed by atoms with Crippen LogP contribution in [0.25, 0.3) is 0 Å². The number of hydrogen-bond donors (Lipinski definition) is 2. The quantitative estimate of drug-likeness (QED) is 0.618. The Bertz CT molecular complexity index is 211. The van der Waals surface area contributed by atoms with Crippen molar-refractivity contribution in [3.8, 4) is 0 Å². The van der Waals surface area contributed by atoms with Crippen LogP contribution < -0.4 is 5.73 Å². The molecule has 2 rings (SSSR count). The fourth-order valence-electron chi connectivity index (χ4n) is 2.92. The predicted octanol–water partition coefficient (Wildman–Crippen LogP) is 1.12. The molecule has 2 saturated carbocycles. The van der Waals surface area contributed by atoms with E-state index >= 15 is 0 Å². The van der Waals surface area contributed by atoms with E-state index in [9.17, 15) is 4.79 Å². The van der Waals surface area contributed by atoms with Crippen molar-refractivity contribution < 1.29 is 9.90 Å². The minimum Gasteiger partial charge on any atom is -0.480 e. The van der Waals surface area contributed by atoms with E-state index in [0.29, 0.717) is 18.3 Å². The van der Waals surface area contributed by atoms with E-state index in [4.69, 9.17) is 10.8 Å². The Labute approximate surface area is 71.9 Å². The molecule has 0 unspecified atom stereocenters. The van der Waals surface area contributed by atoms with Gasteiger partial charge in [0, 0.05) is 0 Å². The molecule has 0 aromatic rings. The molecule has 0 aromatic heterocycles. The molecule has 0 aliphatic heterocycles. The van der Waals surface area contributed by atoms with Gasteiger partial charge in [0.05, 0.1) is 0 Å². The van der Waals surface area contributed by atoms with Gasteiger partial charge in [-0.3, -0.25) is 4.79 Å². The second-order valence-electron chi connectivity index (χ2n) is 4.52. The van der Waals surface area contributed by atoms with Gasteiger partial charge in [0.1, 0.15) is 5.54 Å². The van der Waals surface area contributed by atoms with Gasteiger partial charge in [-0.15, -0.1) is 0 Å². The average molecular weight is 169 g/mol. The minimum atomic E-state index is -0.885. The molecule has 2 fully saturated rings. The monoisotopic (exact) mass is 169 g/mol. The van der Waals surface area contributed by atoms with Crippen LogP contribution in [0.2, 0.25) is 0 Å². The normalized spacial score (nSPS) is 30.1. The second kappa shape index (κ2) is 2.22. The predicted molar refractivity (Wildman–Crippen MR) is 44.7 cm³/mol. The summed E-state index contributed by atoms with van der Waals surface area (Å²) in [5.74, 6) is -0.819. The highest BCUT2D eigenvalue weighted by molar-refractivity contribution is 5.80. The number of hydrogen-bond acceptors (Lipinski definition) is 2. The molecule has 0 radical (unpaired) electrons. The van der Waals surface area contributed by atoms with Crippen LogP contribution in [-0.2, 0) is 4.79 Å². The van der Waals surface area contributed by atoms with E-state index in [1.54, 1.807) is 0 Å². The number of carbonyl (C=O) groups is 1.